The molecule has 68 valence electrons. The molecule has 0 aliphatic carbocycles. The summed E-state index contributed by atoms with van der Waals surface area (Å²) in [7, 11) is 0. The van der Waals surface area contributed by atoms with E-state index in [0.717, 1.165) is 13.0 Å². The molecule has 2 unspecified atom stereocenters. The van der Waals surface area contributed by atoms with Crippen molar-refractivity contribution in [3.8, 4) is 0 Å². The maximum absolute atomic E-state index is 5.75. The Morgan fingerprint density at radius 1 is 1.36 bits per heavy atom. The Morgan fingerprint density at radius 3 is 2.45 bits per heavy atom. The summed E-state index contributed by atoms with van der Waals surface area (Å²) < 4.78 is 0. The molecular weight excluding hydrogens is 136 g/mol. The predicted molar refractivity (Wildman–Crippen MR) is 50.6 cm³/mol. The molecule has 11 heavy (non-hydrogen) atoms. The predicted octanol–water partition coefficient (Wildman–Crippen LogP) is 1.50. The van der Waals surface area contributed by atoms with E-state index in [4.69, 9.17) is 5.73 Å². The second kappa shape index (κ2) is 6.62. The quantitative estimate of drug-likeness (QED) is 0.615. The molecule has 0 heterocycles. The molecule has 0 aromatic carbocycles. The van der Waals surface area contributed by atoms with Crippen LogP contribution >= 0.6 is 0 Å². The van der Waals surface area contributed by atoms with Crippen LogP contribution in [-0.2, 0) is 0 Å². The molecule has 2 heteroatoms. The number of rotatable bonds is 6. The van der Waals surface area contributed by atoms with Crippen LogP contribution in [0.1, 0.15) is 40.0 Å². The minimum atomic E-state index is 0.328. The van der Waals surface area contributed by atoms with Crippen molar-refractivity contribution in [2.24, 2.45) is 5.73 Å². The van der Waals surface area contributed by atoms with Crippen LogP contribution in [0.3, 0.4) is 0 Å². The summed E-state index contributed by atoms with van der Waals surface area (Å²) in [4.78, 5) is 0. The largest absolute Gasteiger partial charge is 0.327 e. The van der Waals surface area contributed by atoms with Crippen LogP contribution in [0.4, 0.5) is 0 Å². The Morgan fingerprint density at radius 2 is 2.00 bits per heavy atom. The van der Waals surface area contributed by atoms with Crippen LogP contribution in [-0.4, -0.2) is 18.6 Å². The van der Waals surface area contributed by atoms with Gasteiger partial charge in [0.1, 0.15) is 0 Å². The molecule has 0 spiro atoms. The summed E-state index contributed by atoms with van der Waals surface area (Å²) in [5.41, 5.74) is 5.75. The molecule has 3 N–H and O–H groups in total. The van der Waals surface area contributed by atoms with Gasteiger partial charge in [-0.25, -0.2) is 0 Å². The van der Waals surface area contributed by atoms with Crippen molar-refractivity contribution in [3.05, 3.63) is 0 Å². The zero-order valence-corrected chi connectivity index (χ0v) is 8.06. The topological polar surface area (TPSA) is 38.0 Å². The average molecular weight is 158 g/mol. The van der Waals surface area contributed by atoms with Gasteiger partial charge in [0.05, 0.1) is 0 Å². The smallest absolute Gasteiger partial charge is 0.0162 e. The Bertz CT molecular complexity index is 83.6. The Kier molecular flexibility index (Phi) is 6.57. The molecule has 0 aromatic rings. The molecule has 0 radical (unpaired) electrons. The fraction of sp³-hybridized carbons (Fsp3) is 1.00. The molecule has 2 atom stereocenters. The van der Waals surface area contributed by atoms with Crippen LogP contribution in [0.25, 0.3) is 0 Å². The standard InChI is InChI=1S/C9H22N2/c1-4-6-8(3)11-7-9(10)5-2/h8-9,11H,4-7,10H2,1-3H3. The van der Waals surface area contributed by atoms with Gasteiger partial charge in [-0.1, -0.05) is 20.3 Å². The lowest BCUT2D eigenvalue weighted by Crippen LogP contribution is -2.37. The molecule has 0 aromatic heterocycles. The van der Waals surface area contributed by atoms with E-state index in [9.17, 15) is 0 Å². The molecule has 0 saturated carbocycles. The van der Waals surface area contributed by atoms with E-state index in [1.807, 2.05) is 0 Å². The van der Waals surface area contributed by atoms with Crippen LogP contribution in [0.5, 0.6) is 0 Å². The Balaban J connectivity index is 3.22. The molecule has 0 aliphatic heterocycles. The van der Waals surface area contributed by atoms with Crippen molar-refractivity contribution < 1.29 is 0 Å². The van der Waals surface area contributed by atoms with Crippen molar-refractivity contribution in [1.29, 1.82) is 0 Å². The third-order valence-electron chi connectivity index (χ3n) is 1.97. The van der Waals surface area contributed by atoms with E-state index in [1.165, 1.54) is 12.8 Å². The molecule has 0 saturated heterocycles. The third-order valence-corrected chi connectivity index (χ3v) is 1.97. The normalized spacial score (nSPS) is 16.4. The van der Waals surface area contributed by atoms with Gasteiger partial charge in [-0.3, -0.25) is 0 Å². The highest BCUT2D eigenvalue weighted by Gasteiger charge is 2.01. The second-order valence-electron chi connectivity index (χ2n) is 3.27. The molecule has 0 bridgehead atoms. The lowest BCUT2D eigenvalue weighted by Gasteiger charge is -2.15. The van der Waals surface area contributed by atoms with Gasteiger partial charge in [-0.05, 0) is 19.8 Å². The first-order valence-electron chi connectivity index (χ1n) is 4.69. The minimum Gasteiger partial charge on any atom is -0.327 e. The van der Waals surface area contributed by atoms with Gasteiger partial charge in [0.2, 0.25) is 0 Å². The van der Waals surface area contributed by atoms with Gasteiger partial charge in [0.25, 0.3) is 0 Å². The van der Waals surface area contributed by atoms with E-state index in [1.54, 1.807) is 0 Å². The lowest BCUT2D eigenvalue weighted by molar-refractivity contribution is 0.471. The van der Waals surface area contributed by atoms with Gasteiger partial charge in [-0.2, -0.15) is 0 Å². The molecule has 2 nitrogen and oxygen atoms in total. The van der Waals surface area contributed by atoms with Gasteiger partial charge in [0.15, 0.2) is 0 Å². The van der Waals surface area contributed by atoms with Crippen molar-refractivity contribution in [1.82, 2.24) is 5.32 Å². The average Bonchev–Trinajstić information content (AvgIpc) is 2.01. The maximum Gasteiger partial charge on any atom is 0.0162 e. The maximum atomic E-state index is 5.75. The summed E-state index contributed by atoms with van der Waals surface area (Å²) >= 11 is 0. The summed E-state index contributed by atoms with van der Waals surface area (Å²) in [6, 6.07) is 0.951. The fourth-order valence-electron chi connectivity index (χ4n) is 1.03. The van der Waals surface area contributed by atoms with Gasteiger partial charge >= 0.3 is 0 Å². The molecular formula is C9H22N2. The SMILES string of the molecule is CCCC(C)NCC(N)CC. The van der Waals surface area contributed by atoms with Crippen molar-refractivity contribution in [3.63, 3.8) is 0 Å². The van der Waals surface area contributed by atoms with Crippen LogP contribution < -0.4 is 11.1 Å². The van der Waals surface area contributed by atoms with Crippen LogP contribution in [0.2, 0.25) is 0 Å². The molecule has 0 rings (SSSR count). The van der Waals surface area contributed by atoms with Gasteiger partial charge in [0, 0.05) is 18.6 Å². The summed E-state index contributed by atoms with van der Waals surface area (Å²) in [6.45, 7) is 7.50. The molecule has 0 amide bonds. The Labute approximate surface area is 70.5 Å². The highest BCUT2D eigenvalue weighted by atomic mass is 14.9. The summed E-state index contributed by atoms with van der Waals surface area (Å²) in [5.74, 6) is 0. The highest BCUT2D eigenvalue weighted by Crippen LogP contribution is 1.94. The number of nitrogens with two attached hydrogens (primary N) is 1. The monoisotopic (exact) mass is 158 g/mol. The van der Waals surface area contributed by atoms with Crippen LogP contribution in [0.15, 0.2) is 0 Å². The van der Waals surface area contributed by atoms with E-state index in [0.29, 0.717) is 12.1 Å². The van der Waals surface area contributed by atoms with Crippen LogP contribution in [0, 0.1) is 0 Å². The highest BCUT2D eigenvalue weighted by molar-refractivity contribution is 4.66. The van der Waals surface area contributed by atoms with E-state index >= 15 is 0 Å². The van der Waals surface area contributed by atoms with Crippen molar-refractivity contribution in [2.75, 3.05) is 6.54 Å². The first kappa shape index (κ1) is 10.9. The minimum absolute atomic E-state index is 0.328. The molecule has 0 fully saturated rings. The number of hydrogen-bond donors (Lipinski definition) is 2. The number of nitrogens with one attached hydrogen (secondary N) is 1. The van der Waals surface area contributed by atoms with Crippen molar-refractivity contribution >= 4 is 0 Å². The number of hydrogen-bond acceptors (Lipinski definition) is 2. The Hall–Kier alpha value is -0.0800. The fourth-order valence-corrected chi connectivity index (χ4v) is 1.03. The first-order chi connectivity index (χ1) is 5.20. The van der Waals surface area contributed by atoms with E-state index < -0.39 is 0 Å². The lowest BCUT2D eigenvalue weighted by atomic mass is 10.2. The van der Waals surface area contributed by atoms with E-state index in [2.05, 4.69) is 26.1 Å². The third kappa shape index (κ3) is 6.32. The zero-order valence-electron chi connectivity index (χ0n) is 8.06. The zero-order chi connectivity index (χ0) is 8.69. The van der Waals surface area contributed by atoms with Crippen molar-refractivity contribution in [2.45, 2.75) is 52.1 Å². The van der Waals surface area contributed by atoms with Gasteiger partial charge < -0.3 is 11.1 Å². The molecule has 0 aliphatic rings. The second-order valence-corrected chi connectivity index (χ2v) is 3.27. The summed E-state index contributed by atoms with van der Waals surface area (Å²) in [5, 5.41) is 3.41. The summed E-state index contributed by atoms with van der Waals surface area (Å²) in [6.07, 6.45) is 3.55. The first-order valence-corrected chi connectivity index (χ1v) is 4.69. The van der Waals surface area contributed by atoms with E-state index in [-0.39, 0.29) is 0 Å². The van der Waals surface area contributed by atoms with Gasteiger partial charge in [-0.15, -0.1) is 0 Å².